The van der Waals surface area contributed by atoms with Gasteiger partial charge in [0.15, 0.2) is 5.82 Å². The van der Waals surface area contributed by atoms with E-state index in [4.69, 9.17) is 9.84 Å². The van der Waals surface area contributed by atoms with E-state index >= 15 is 0 Å². The Balaban J connectivity index is 2.51. The second kappa shape index (κ2) is 6.01. The third-order valence-electron chi connectivity index (χ3n) is 2.68. The van der Waals surface area contributed by atoms with E-state index in [2.05, 4.69) is 15.3 Å². The molecule has 1 aromatic heterocycles. The van der Waals surface area contributed by atoms with Gasteiger partial charge in [-0.05, 0) is 19.1 Å². The molecule has 0 fully saturated rings. The van der Waals surface area contributed by atoms with Crippen LogP contribution < -0.4 is 10.1 Å². The van der Waals surface area contributed by atoms with Gasteiger partial charge in [-0.3, -0.25) is 0 Å². The number of anilines is 1. The van der Waals surface area contributed by atoms with Gasteiger partial charge < -0.3 is 15.2 Å². The number of benzene rings is 1. The number of para-hydroxylation sites is 1. The van der Waals surface area contributed by atoms with Crippen molar-refractivity contribution < 1.29 is 14.6 Å². The minimum Gasteiger partial charge on any atom is -0.493 e. The first-order valence-electron chi connectivity index (χ1n) is 6.17. The normalized spacial score (nSPS) is 10.1. The van der Waals surface area contributed by atoms with E-state index in [1.54, 1.807) is 7.05 Å². The Morgan fingerprint density at radius 1 is 1.40 bits per heavy atom. The molecular formula is C14H15N3O3. The summed E-state index contributed by atoms with van der Waals surface area (Å²) in [5.74, 6) is 0.288. The highest BCUT2D eigenvalue weighted by molar-refractivity contribution is 5.93. The maximum absolute atomic E-state index is 11.1. The molecule has 0 saturated carbocycles. The van der Waals surface area contributed by atoms with Crippen LogP contribution in [0.3, 0.4) is 0 Å². The van der Waals surface area contributed by atoms with Gasteiger partial charge in [0.25, 0.3) is 0 Å². The first-order valence-corrected chi connectivity index (χ1v) is 6.17. The predicted molar refractivity (Wildman–Crippen MR) is 75.1 cm³/mol. The van der Waals surface area contributed by atoms with Crippen molar-refractivity contribution in [2.24, 2.45) is 0 Å². The predicted octanol–water partition coefficient (Wildman–Crippen LogP) is 2.28. The number of hydrogen-bond donors (Lipinski definition) is 2. The number of aromatic carboxylic acids is 1. The van der Waals surface area contributed by atoms with Crippen LogP contribution in [0, 0.1) is 0 Å². The fourth-order valence-corrected chi connectivity index (χ4v) is 1.79. The third kappa shape index (κ3) is 2.69. The van der Waals surface area contributed by atoms with Gasteiger partial charge in [-0.2, -0.15) is 0 Å². The lowest BCUT2D eigenvalue weighted by molar-refractivity contribution is 0.0697. The van der Waals surface area contributed by atoms with Gasteiger partial charge in [-0.25, -0.2) is 14.8 Å². The highest BCUT2D eigenvalue weighted by atomic mass is 16.5. The molecule has 1 aromatic carbocycles. The van der Waals surface area contributed by atoms with Crippen molar-refractivity contribution in [2.75, 3.05) is 19.0 Å². The molecule has 20 heavy (non-hydrogen) atoms. The zero-order chi connectivity index (χ0) is 14.5. The van der Waals surface area contributed by atoms with Crippen molar-refractivity contribution in [1.29, 1.82) is 0 Å². The van der Waals surface area contributed by atoms with Gasteiger partial charge in [0.1, 0.15) is 17.1 Å². The Labute approximate surface area is 116 Å². The van der Waals surface area contributed by atoms with Crippen LogP contribution in [0.4, 0.5) is 5.82 Å². The number of nitrogens with one attached hydrogen (secondary N) is 1. The van der Waals surface area contributed by atoms with Crippen molar-refractivity contribution in [3.8, 4) is 17.1 Å². The number of nitrogens with zero attached hydrogens (tertiary/aromatic N) is 2. The summed E-state index contributed by atoms with van der Waals surface area (Å²) in [5.41, 5.74) is 0.757. The molecule has 104 valence electrons. The summed E-state index contributed by atoms with van der Waals surface area (Å²) in [5, 5.41) is 11.8. The third-order valence-corrected chi connectivity index (χ3v) is 2.68. The molecule has 2 rings (SSSR count). The van der Waals surface area contributed by atoms with Crippen LogP contribution in [-0.4, -0.2) is 34.7 Å². The number of hydrogen-bond acceptors (Lipinski definition) is 5. The maximum atomic E-state index is 11.1. The first kappa shape index (κ1) is 13.8. The molecule has 6 heteroatoms. The highest BCUT2D eigenvalue weighted by Gasteiger charge is 2.15. The minimum atomic E-state index is -1.07. The van der Waals surface area contributed by atoms with E-state index in [9.17, 15) is 4.79 Å². The Kier molecular flexibility index (Phi) is 4.14. The number of rotatable bonds is 5. The van der Waals surface area contributed by atoms with Gasteiger partial charge in [-0.1, -0.05) is 12.1 Å². The van der Waals surface area contributed by atoms with Gasteiger partial charge in [0.2, 0.25) is 0 Å². The molecule has 0 amide bonds. The highest BCUT2D eigenvalue weighted by Crippen LogP contribution is 2.28. The SMILES string of the molecule is CCOc1ccccc1-c1ncc(C(=O)O)c(NC)n1. The zero-order valence-corrected chi connectivity index (χ0v) is 11.3. The average molecular weight is 273 g/mol. The minimum absolute atomic E-state index is 0.0325. The molecule has 1 heterocycles. The van der Waals surface area contributed by atoms with Crippen LogP contribution in [0.25, 0.3) is 11.4 Å². The summed E-state index contributed by atoms with van der Waals surface area (Å²) < 4.78 is 5.53. The number of carboxylic acid groups (broad SMARTS) is 1. The van der Waals surface area contributed by atoms with E-state index in [0.717, 1.165) is 5.56 Å². The van der Waals surface area contributed by atoms with E-state index in [1.807, 2.05) is 31.2 Å². The lowest BCUT2D eigenvalue weighted by Crippen LogP contribution is -2.07. The number of carboxylic acids is 1. The standard InChI is InChI=1S/C14H15N3O3/c1-3-20-11-7-5-4-6-9(11)13-16-8-10(14(18)19)12(15-2)17-13/h4-8H,3H2,1-2H3,(H,18,19)(H,15,16,17). The molecule has 2 aromatic rings. The van der Waals surface area contributed by atoms with Gasteiger partial charge in [-0.15, -0.1) is 0 Å². The summed E-state index contributed by atoms with van der Waals surface area (Å²) in [6, 6.07) is 7.37. The molecule has 2 N–H and O–H groups in total. The zero-order valence-electron chi connectivity index (χ0n) is 11.3. The largest absolute Gasteiger partial charge is 0.493 e. The molecule has 0 unspecified atom stereocenters. The maximum Gasteiger partial charge on any atom is 0.341 e. The quantitative estimate of drug-likeness (QED) is 0.869. The van der Waals surface area contributed by atoms with Crippen molar-refractivity contribution in [1.82, 2.24) is 9.97 Å². The summed E-state index contributed by atoms with van der Waals surface area (Å²) in [4.78, 5) is 19.4. The molecule has 0 aliphatic carbocycles. The number of carbonyl (C=O) groups is 1. The Bertz CT molecular complexity index is 629. The second-order valence-electron chi connectivity index (χ2n) is 3.94. The van der Waals surface area contributed by atoms with Crippen molar-refractivity contribution >= 4 is 11.8 Å². The molecule has 0 spiro atoms. The van der Waals surface area contributed by atoms with Crippen LogP contribution in [0.5, 0.6) is 5.75 Å². The molecular weight excluding hydrogens is 258 g/mol. The Morgan fingerprint density at radius 2 is 2.15 bits per heavy atom. The van der Waals surface area contributed by atoms with E-state index < -0.39 is 5.97 Å². The number of aromatic nitrogens is 2. The van der Waals surface area contributed by atoms with Crippen molar-refractivity contribution in [3.63, 3.8) is 0 Å². The summed E-state index contributed by atoms with van der Waals surface area (Å²) in [7, 11) is 1.62. The van der Waals surface area contributed by atoms with E-state index in [-0.39, 0.29) is 11.4 Å². The Hall–Kier alpha value is -2.63. The van der Waals surface area contributed by atoms with E-state index in [0.29, 0.717) is 18.2 Å². The second-order valence-corrected chi connectivity index (χ2v) is 3.94. The summed E-state index contributed by atoms with van der Waals surface area (Å²) in [6.45, 7) is 2.42. The molecule has 0 saturated heterocycles. The fraction of sp³-hybridized carbons (Fsp3) is 0.214. The lowest BCUT2D eigenvalue weighted by atomic mass is 10.2. The number of ether oxygens (including phenoxy) is 1. The molecule has 0 radical (unpaired) electrons. The smallest absolute Gasteiger partial charge is 0.341 e. The van der Waals surface area contributed by atoms with Gasteiger partial charge in [0, 0.05) is 13.2 Å². The molecule has 0 bridgehead atoms. The molecule has 0 atom stereocenters. The van der Waals surface area contributed by atoms with Gasteiger partial charge in [0.05, 0.1) is 12.2 Å². The molecule has 0 aliphatic heterocycles. The van der Waals surface area contributed by atoms with Crippen LogP contribution in [0.15, 0.2) is 30.5 Å². The average Bonchev–Trinajstić information content (AvgIpc) is 2.47. The van der Waals surface area contributed by atoms with Crippen LogP contribution in [0.1, 0.15) is 17.3 Å². The van der Waals surface area contributed by atoms with E-state index in [1.165, 1.54) is 6.20 Å². The summed E-state index contributed by atoms with van der Waals surface area (Å²) >= 11 is 0. The first-order chi connectivity index (χ1) is 9.67. The van der Waals surface area contributed by atoms with Gasteiger partial charge >= 0.3 is 5.97 Å². The van der Waals surface area contributed by atoms with Crippen molar-refractivity contribution in [2.45, 2.75) is 6.92 Å². The van der Waals surface area contributed by atoms with Crippen LogP contribution in [0.2, 0.25) is 0 Å². The monoisotopic (exact) mass is 273 g/mol. The molecule has 0 aliphatic rings. The topological polar surface area (TPSA) is 84.3 Å². The van der Waals surface area contributed by atoms with Crippen LogP contribution >= 0.6 is 0 Å². The Morgan fingerprint density at radius 3 is 2.80 bits per heavy atom. The fourth-order valence-electron chi connectivity index (χ4n) is 1.79. The summed E-state index contributed by atoms with van der Waals surface area (Å²) in [6.07, 6.45) is 1.29. The molecule has 6 nitrogen and oxygen atoms in total. The van der Waals surface area contributed by atoms with Crippen LogP contribution in [-0.2, 0) is 0 Å². The lowest BCUT2D eigenvalue weighted by Gasteiger charge is -2.10. The van der Waals surface area contributed by atoms with Crippen molar-refractivity contribution in [3.05, 3.63) is 36.0 Å².